The number of methoxy groups -OCH3 is 1. The predicted octanol–water partition coefficient (Wildman–Crippen LogP) is 1.23. The van der Waals surface area contributed by atoms with Gasteiger partial charge in [0.05, 0.1) is 13.2 Å². The number of carbonyl (C=O) groups is 3. The minimum absolute atomic E-state index is 0.123. The molecule has 0 spiro atoms. The Morgan fingerprint density at radius 1 is 1.19 bits per heavy atom. The average molecular weight is 365 g/mol. The van der Waals surface area contributed by atoms with Crippen LogP contribution in [0.1, 0.15) is 25.8 Å². The molecular formula is C18H23NO7. The molecule has 0 radical (unpaired) electrons. The number of hydrogen-bond donors (Lipinski definition) is 0. The second-order valence-corrected chi connectivity index (χ2v) is 5.93. The van der Waals surface area contributed by atoms with Crippen molar-refractivity contribution in [1.82, 2.24) is 5.06 Å². The molecule has 1 saturated heterocycles. The highest BCUT2D eigenvalue weighted by atomic mass is 16.7. The molecule has 142 valence electrons. The summed E-state index contributed by atoms with van der Waals surface area (Å²) in [5.74, 6) is -1.51. The molecule has 3 atom stereocenters. The Bertz CT molecular complexity index is 634. The molecule has 26 heavy (non-hydrogen) atoms. The molecule has 1 aliphatic rings. The summed E-state index contributed by atoms with van der Waals surface area (Å²) in [5, 5.41) is 1.58. The first-order valence-electron chi connectivity index (χ1n) is 8.26. The maximum absolute atomic E-state index is 11.9. The first kappa shape index (κ1) is 19.9. The quantitative estimate of drug-likeness (QED) is 0.526. The average Bonchev–Trinajstić information content (AvgIpc) is 3.02. The van der Waals surface area contributed by atoms with Crippen LogP contribution in [0.15, 0.2) is 30.3 Å². The number of esters is 3. The Kier molecular flexibility index (Phi) is 7.11. The number of ether oxygens (including phenoxy) is 3. The van der Waals surface area contributed by atoms with E-state index in [-0.39, 0.29) is 13.0 Å². The molecule has 1 aliphatic heterocycles. The molecule has 2 rings (SSSR count). The van der Waals surface area contributed by atoms with Crippen molar-refractivity contribution in [3.05, 3.63) is 35.9 Å². The van der Waals surface area contributed by atoms with Crippen LogP contribution >= 0.6 is 0 Å². The Hall–Kier alpha value is -2.45. The summed E-state index contributed by atoms with van der Waals surface area (Å²) in [7, 11) is 1.28. The van der Waals surface area contributed by atoms with Gasteiger partial charge >= 0.3 is 17.9 Å². The number of hydrogen-bond acceptors (Lipinski definition) is 8. The number of nitrogens with zero attached hydrogens (tertiary/aromatic N) is 1. The van der Waals surface area contributed by atoms with Crippen LogP contribution in [0.4, 0.5) is 0 Å². The molecule has 1 aromatic rings. The summed E-state index contributed by atoms with van der Waals surface area (Å²) in [6, 6.07) is 9.03. The predicted molar refractivity (Wildman–Crippen MR) is 89.5 cm³/mol. The lowest BCUT2D eigenvalue weighted by molar-refractivity contribution is -0.204. The number of benzene rings is 1. The molecular weight excluding hydrogens is 342 g/mol. The van der Waals surface area contributed by atoms with Crippen molar-refractivity contribution in [1.29, 1.82) is 0 Å². The van der Waals surface area contributed by atoms with Gasteiger partial charge in [-0.3, -0.25) is 14.4 Å². The summed E-state index contributed by atoms with van der Waals surface area (Å²) in [6.07, 6.45) is -1.34. The molecule has 1 fully saturated rings. The van der Waals surface area contributed by atoms with Gasteiger partial charge in [-0.25, -0.2) is 4.79 Å². The van der Waals surface area contributed by atoms with Crippen LogP contribution in [0.3, 0.4) is 0 Å². The van der Waals surface area contributed by atoms with E-state index in [1.54, 1.807) is 5.06 Å². The first-order chi connectivity index (χ1) is 12.4. The van der Waals surface area contributed by atoms with Gasteiger partial charge in [-0.15, -0.1) is 0 Å². The molecule has 0 unspecified atom stereocenters. The van der Waals surface area contributed by atoms with Gasteiger partial charge in [-0.1, -0.05) is 30.3 Å². The van der Waals surface area contributed by atoms with E-state index in [1.807, 2.05) is 30.3 Å². The smallest absolute Gasteiger partial charge is 0.337 e. The Balaban J connectivity index is 2.20. The molecule has 0 amide bonds. The van der Waals surface area contributed by atoms with Gasteiger partial charge in [0.25, 0.3) is 0 Å². The summed E-state index contributed by atoms with van der Waals surface area (Å²) in [6.45, 7) is 2.80. The van der Waals surface area contributed by atoms with E-state index < -0.39 is 36.2 Å². The highest BCUT2D eigenvalue weighted by molar-refractivity contribution is 5.74. The van der Waals surface area contributed by atoms with E-state index >= 15 is 0 Å². The molecule has 0 bridgehead atoms. The van der Waals surface area contributed by atoms with Gasteiger partial charge in [0, 0.05) is 26.8 Å². The molecule has 1 aromatic carbocycles. The van der Waals surface area contributed by atoms with Crippen LogP contribution in [0.2, 0.25) is 0 Å². The van der Waals surface area contributed by atoms with Crippen LogP contribution in [0, 0.1) is 0 Å². The minimum atomic E-state index is -0.816. The molecule has 0 aliphatic carbocycles. The maximum Gasteiger partial charge on any atom is 0.337 e. The van der Waals surface area contributed by atoms with Crippen molar-refractivity contribution in [2.75, 3.05) is 13.7 Å². The van der Waals surface area contributed by atoms with Crippen molar-refractivity contribution in [3.8, 4) is 0 Å². The number of hydroxylamine groups is 2. The number of rotatable bonds is 7. The van der Waals surface area contributed by atoms with Crippen molar-refractivity contribution < 1.29 is 33.4 Å². The largest absolute Gasteiger partial charge is 0.467 e. The Morgan fingerprint density at radius 2 is 1.88 bits per heavy atom. The van der Waals surface area contributed by atoms with Crippen LogP contribution in [-0.4, -0.2) is 54.9 Å². The molecule has 0 N–H and O–H groups in total. The summed E-state index contributed by atoms with van der Waals surface area (Å²) in [4.78, 5) is 40.3. The molecule has 8 nitrogen and oxygen atoms in total. The topological polar surface area (TPSA) is 91.4 Å². The number of carbonyl (C=O) groups excluding carboxylic acids is 3. The fourth-order valence-electron chi connectivity index (χ4n) is 2.78. The van der Waals surface area contributed by atoms with Gasteiger partial charge in [-0.2, -0.15) is 5.06 Å². The lowest BCUT2D eigenvalue weighted by atomic mass is 10.0. The SMILES string of the molecule is COC(=O)[C@@H]1C[C@@H]([C@@H](COC(C)=O)OC(C)=O)N(Cc2ccccc2)O1. The van der Waals surface area contributed by atoms with Crippen LogP contribution in [0.5, 0.6) is 0 Å². The van der Waals surface area contributed by atoms with Crippen LogP contribution in [-0.2, 0) is 40.0 Å². The van der Waals surface area contributed by atoms with Crippen molar-refractivity contribution in [3.63, 3.8) is 0 Å². The summed E-state index contributed by atoms with van der Waals surface area (Å²) < 4.78 is 15.1. The Morgan fingerprint density at radius 3 is 2.46 bits per heavy atom. The maximum atomic E-state index is 11.9. The van der Waals surface area contributed by atoms with Gasteiger partial charge in [0.1, 0.15) is 6.61 Å². The third-order valence-electron chi connectivity index (χ3n) is 3.93. The minimum Gasteiger partial charge on any atom is -0.467 e. The van der Waals surface area contributed by atoms with Gasteiger partial charge in [0.2, 0.25) is 0 Å². The Labute approximate surface area is 151 Å². The zero-order valence-corrected chi connectivity index (χ0v) is 15.0. The fourth-order valence-corrected chi connectivity index (χ4v) is 2.78. The van der Waals surface area contributed by atoms with E-state index in [0.29, 0.717) is 6.54 Å². The zero-order valence-electron chi connectivity index (χ0n) is 15.0. The van der Waals surface area contributed by atoms with Crippen LogP contribution < -0.4 is 0 Å². The standard InChI is InChI=1S/C18H23NO7/c1-12(20)24-11-17(25-13(2)21)15-9-16(18(22)23-3)26-19(15)10-14-7-5-4-6-8-14/h4-8,15-17H,9-11H2,1-3H3/t15-,16-,17+/m0/s1. The summed E-state index contributed by atoms with van der Waals surface area (Å²) >= 11 is 0. The fraction of sp³-hybridized carbons (Fsp3) is 0.500. The van der Waals surface area contributed by atoms with Gasteiger partial charge < -0.3 is 14.2 Å². The molecule has 8 heteroatoms. The first-order valence-corrected chi connectivity index (χ1v) is 8.26. The lowest BCUT2D eigenvalue weighted by Crippen LogP contribution is -2.43. The molecule has 1 heterocycles. The monoisotopic (exact) mass is 365 g/mol. The van der Waals surface area contributed by atoms with E-state index in [0.717, 1.165) is 5.56 Å². The third-order valence-corrected chi connectivity index (χ3v) is 3.93. The van der Waals surface area contributed by atoms with E-state index in [4.69, 9.17) is 19.0 Å². The second-order valence-electron chi connectivity index (χ2n) is 5.93. The van der Waals surface area contributed by atoms with E-state index in [1.165, 1.54) is 21.0 Å². The summed E-state index contributed by atoms with van der Waals surface area (Å²) in [5.41, 5.74) is 0.956. The highest BCUT2D eigenvalue weighted by Crippen LogP contribution is 2.28. The van der Waals surface area contributed by atoms with Crippen molar-refractivity contribution in [2.24, 2.45) is 0 Å². The third kappa shape index (κ3) is 5.53. The van der Waals surface area contributed by atoms with E-state index in [2.05, 4.69) is 0 Å². The van der Waals surface area contributed by atoms with Crippen LogP contribution in [0.25, 0.3) is 0 Å². The van der Waals surface area contributed by atoms with Crippen molar-refractivity contribution >= 4 is 17.9 Å². The van der Waals surface area contributed by atoms with Gasteiger partial charge in [0.15, 0.2) is 12.2 Å². The van der Waals surface area contributed by atoms with Gasteiger partial charge in [-0.05, 0) is 5.56 Å². The van der Waals surface area contributed by atoms with Crippen molar-refractivity contribution in [2.45, 2.75) is 45.1 Å². The highest BCUT2D eigenvalue weighted by Gasteiger charge is 2.44. The zero-order chi connectivity index (χ0) is 19.1. The molecule has 0 aromatic heterocycles. The lowest BCUT2D eigenvalue weighted by Gasteiger charge is -2.28. The molecule has 0 saturated carbocycles. The second kappa shape index (κ2) is 9.30. The normalized spacial score (nSPS) is 21.0. The van der Waals surface area contributed by atoms with E-state index in [9.17, 15) is 14.4 Å².